The van der Waals surface area contributed by atoms with Gasteiger partial charge in [0.05, 0.1) is 12.7 Å². The van der Waals surface area contributed by atoms with Crippen LogP contribution in [0.5, 0.6) is 5.75 Å². The molecule has 1 heterocycles. The molecule has 0 bridgehead atoms. The highest BCUT2D eigenvalue weighted by Gasteiger charge is 2.41. The summed E-state index contributed by atoms with van der Waals surface area (Å²) in [4.78, 5) is 37.4. The number of allylic oxidation sites excluding steroid dienone is 2. The van der Waals surface area contributed by atoms with Crippen LogP contribution in [0.2, 0.25) is 0 Å². The van der Waals surface area contributed by atoms with Gasteiger partial charge in [0.1, 0.15) is 16.9 Å². The summed E-state index contributed by atoms with van der Waals surface area (Å²) in [6.07, 6.45) is 2.44. The lowest BCUT2D eigenvalue weighted by Gasteiger charge is -2.28. The third kappa shape index (κ3) is 3.61. The van der Waals surface area contributed by atoms with Gasteiger partial charge in [-0.25, -0.2) is 4.79 Å². The monoisotopic (exact) mass is 368 g/mol. The van der Waals surface area contributed by atoms with Gasteiger partial charge in [-0.2, -0.15) is 0 Å². The molecular formula is C21H20O6. The lowest BCUT2D eigenvalue weighted by Crippen LogP contribution is -2.43. The molecule has 3 rings (SSSR count). The number of Topliss-reactive ketones (excluding diaryl/α,β-unsaturated/α-hetero) is 1. The Labute approximate surface area is 155 Å². The van der Waals surface area contributed by atoms with Gasteiger partial charge in [-0.1, -0.05) is 11.6 Å². The third-order valence-corrected chi connectivity index (χ3v) is 4.57. The maximum absolute atomic E-state index is 12.6. The fraction of sp³-hybridized carbons (Fsp3) is 0.286. The summed E-state index contributed by atoms with van der Waals surface area (Å²) in [5.74, 6) is -0.533. The second-order valence-electron chi connectivity index (χ2n) is 6.89. The van der Waals surface area contributed by atoms with Gasteiger partial charge >= 0.3 is 5.63 Å². The van der Waals surface area contributed by atoms with E-state index in [0.29, 0.717) is 16.7 Å². The molecule has 1 N–H and O–H groups in total. The maximum Gasteiger partial charge on any atom is 0.344 e. The number of hydrogen-bond donors (Lipinski definition) is 1. The van der Waals surface area contributed by atoms with Crippen molar-refractivity contribution in [2.24, 2.45) is 0 Å². The van der Waals surface area contributed by atoms with Gasteiger partial charge in [0, 0.05) is 29.9 Å². The van der Waals surface area contributed by atoms with Crippen molar-refractivity contribution in [3.8, 4) is 5.75 Å². The van der Waals surface area contributed by atoms with E-state index >= 15 is 0 Å². The second-order valence-corrected chi connectivity index (χ2v) is 6.89. The van der Waals surface area contributed by atoms with Crippen LogP contribution in [0.3, 0.4) is 0 Å². The first-order valence-electron chi connectivity index (χ1n) is 8.51. The zero-order valence-corrected chi connectivity index (χ0v) is 15.4. The highest BCUT2D eigenvalue weighted by molar-refractivity contribution is 6.29. The van der Waals surface area contributed by atoms with Crippen molar-refractivity contribution in [3.63, 3.8) is 0 Å². The average Bonchev–Trinajstić information content (AvgIpc) is 2.62. The first-order valence-corrected chi connectivity index (χ1v) is 8.51. The van der Waals surface area contributed by atoms with Crippen LogP contribution in [0.25, 0.3) is 16.5 Å². The molecule has 0 fully saturated rings. The van der Waals surface area contributed by atoms with Crippen LogP contribution in [0.15, 0.2) is 51.2 Å². The lowest BCUT2D eigenvalue weighted by molar-refractivity contribution is -0.138. The lowest BCUT2D eigenvalue weighted by atomic mass is 9.79. The van der Waals surface area contributed by atoms with Crippen molar-refractivity contribution < 1.29 is 23.8 Å². The second kappa shape index (κ2) is 6.96. The smallest absolute Gasteiger partial charge is 0.344 e. The highest BCUT2D eigenvalue weighted by Crippen LogP contribution is 2.31. The predicted molar refractivity (Wildman–Crippen MR) is 101 cm³/mol. The molecule has 1 aromatic heterocycles. The molecule has 0 aliphatic heterocycles. The summed E-state index contributed by atoms with van der Waals surface area (Å²) in [5.41, 5.74) is -1.27. The minimum absolute atomic E-state index is 0.00952. The molecule has 0 unspecified atom stereocenters. The van der Waals surface area contributed by atoms with E-state index in [0.717, 1.165) is 11.6 Å². The molecule has 0 saturated heterocycles. The fourth-order valence-electron chi connectivity index (χ4n) is 2.97. The summed E-state index contributed by atoms with van der Waals surface area (Å²) in [6, 6.07) is 6.48. The van der Waals surface area contributed by atoms with Crippen molar-refractivity contribution >= 4 is 28.1 Å². The van der Waals surface area contributed by atoms with E-state index in [9.17, 15) is 19.5 Å². The molecule has 6 heteroatoms. The molecule has 1 aliphatic carbocycles. The number of fused-ring (bicyclic) bond motifs is 1. The van der Waals surface area contributed by atoms with E-state index < -0.39 is 22.8 Å². The van der Waals surface area contributed by atoms with E-state index in [1.54, 1.807) is 24.3 Å². The summed E-state index contributed by atoms with van der Waals surface area (Å²) in [7, 11) is 1.50. The Bertz CT molecular complexity index is 1050. The van der Waals surface area contributed by atoms with E-state index in [2.05, 4.69) is 0 Å². The van der Waals surface area contributed by atoms with Crippen LogP contribution in [-0.2, 0) is 9.59 Å². The molecule has 1 aromatic carbocycles. The maximum atomic E-state index is 12.6. The number of ketones is 2. The number of aliphatic hydroxyl groups is 1. The Morgan fingerprint density at radius 2 is 2.00 bits per heavy atom. The first kappa shape index (κ1) is 18.8. The largest absolute Gasteiger partial charge is 0.497 e. The van der Waals surface area contributed by atoms with Crippen LogP contribution >= 0.6 is 0 Å². The first-order chi connectivity index (χ1) is 12.7. The highest BCUT2D eigenvalue weighted by atomic mass is 16.5. The summed E-state index contributed by atoms with van der Waals surface area (Å²) >= 11 is 0. The van der Waals surface area contributed by atoms with Crippen LogP contribution < -0.4 is 10.4 Å². The molecular weight excluding hydrogens is 348 g/mol. The molecule has 6 nitrogen and oxygen atoms in total. The number of benzene rings is 1. The number of carbonyl (C=O) groups is 2. The van der Waals surface area contributed by atoms with E-state index in [1.165, 1.54) is 13.2 Å². The molecule has 0 spiro atoms. The van der Waals surface area contributed by atoms with Gasteiger partial charge in [-0.15, -0.1) is 0 Å². The summed E-state index contributed by atoms with van der Waals surface area (Å²) < 4.78 is 10.4. The van der Waals surface area contributed by atoms with E-state index in [4.69, 9.17) is 9.15 Å². The van der Waals surface area contributed by atoms with Crippen molar-refractivity contribution in [2.75, 3.05) is 7.11 Å². The van der Waals surface area contributed by atoms with Gasteiger partial charge < -0.3 is 14.3 Å². The molecule has 1 atom stereocenters. The minimum atomic E-state index is -1.78. The van der Waals surface area contributed by atoms with Gasteiger partial charge in [-0.3, -0.25) is 9.59 Å². The topological polar surface area (TPSA) is 93.8 Å². The molecule has 1 aliphatic rings. The van der Waals surface area contributed by atoms with Crippen LogP contribution in [-0.4, -0.2) is 29.4 Å². The normalized spacial score (nSPS) is 19.8. The SMILES string of the molecule is COc1ccc2cc(C3=CC(=O)[C@@](O)(CC=C(C)C)CC3=O)c(=O)oc2c1. The Morgan fingerprint density at radius 1 is 1.26 bits per heavy atom. The number of rotatable bonds is 4. The van der Waals surface area contributed by atoms with Gasteiger partial charge in [0.2, 0.25) is 0 Å². The van der Waals surface area contributed by atoms with E-state index in [1.807, 2.05) is 13.8 Å². The number of carbonyl (C=O) groups excluding carboxylic acids is 2. The molecule has 0 amide bonds. The van der Waals surface area contributed by atoms with Gasteiger partial charge in [0.25, 0.3) is 0 Å². The number of methoxy groups -OCH3 is 1. The van der Waals surface area contributed by atoms with Crippen LogP contribution in [0, 0.1) is 0 Å². The van der Waals surface area contributed by atoms with E-state index in [-0.39, 0.29) is 24.0 Å². The molecule has 2 aromatic rings. The van der Waals surface area contributed by atoms with Crippen LogP contribution in [0.1, 0.15) is 32.3 Å². The van der Waals surface area contributed by atoms with Gasteiger partial charge in [0.15, 0.2) is 11.6 Å². The van der Waals surface area contributed by atoms with Crippen molar-refractivity contribution in [3.05, 3.63) is 58.0 Å². The summed E-state index contributed by atoms with van der Waals surface area (Å²) in [5, 5.41) is 11.1. The quantitative estimate of drug-likeness (QED) is 0.659. The Kier molecular flexibility index (Phi) is 4.85. The minimum Gasteiger partial charge on any atom is -0.497 e. The number of ether oxygens (including phenoxy) is 1. The van der Waals surface area contributed by atoms with Crippen LogP contribution in [0.4, 0.5) is 0 Å². The molecule has 0 radical (unpaired) electrons. The van der Waals surface area contributed by atoms with Gasteiger partial charge in [-0.05, 0) is 38.1 Å². The zero-order valence-electron chi connectivity index (χ0n) is 15.4. The molecule has 140 valence electrons. The average molecular weight is 368 g/mol. The Morgan fingerprint density at radius 3 is 2.67 bits per heavy atom. The van der Waals surface area contributed by atoms with Crippen molar-refractivity contribution in [1.82, 2.24) is 0 Å². The number of hydrogen-bond acceptors (Lipinski definition) is 6. The fourth-order valence-corrected chi connectivity index (χ4v) is 2.97. The van der Waals surface area contributed by atoms with Crippen molar-refractivity contribution in [1.29, 1.82) is 0 Å². The zero-order chi connectivity index (χ0) is 19.8. The Balaban J connectivity index is 2.05. The molecule has 0 saturated carbocycles. The third-order valence-electron chi connectivity index (χ3n) is 4.57. The predicted octanol–water partition coefficient (Wildman–Crippen LogP) is 2.81. The standard InChI is InChI=1S/C21H20O6/c1-12(2)6-7-21(25)11-17(22)15(10-19(21)23)16-8-13-4-5-14(26-3)9-18(13)27-20(16)24/h4-6,8-10,25H,7,11H2,1-3H3/t21-/m1/s1. The Hall–Kier alpha value is -2.99. The molecule has 27 heavy (non-hydrogen) atoms. The summed E-state index contributed by atoms with van der Waals surface area (Å²) in [6.45, 7) is 3.68. The van der Waals surface area contributed by atoms with Crippen molar-refractivity contribution in [2.45, 2.75) is 32.3 Å².